The maximum absolute atomic E-state index is 6.16. The Morgan fingerprint density at radius 2 is 2.05 bits per heavy atom. The van der Waals surface area contributed by atoms with E-state index in [0.717, 1.165) is 24.7 Å². The smallest absolute Gasteiger partial charge is 0.224 e. The number of nitrogens with one attached hydrogen (secondary N) is 2. The molecule has 2 rings (SSSR count). The van der Waals surface area contributed by atoms with E-state index >= 15 is 0 Å². The van der Waals surface area contributed by atoms with Crippen LogP contribution in [0.15, 0.2) is 6.20 Å². The average Bonchev–Trinajstić information content (AvgIpc) is 2.42. The summed E-state index contributed by atoms with van der Waals surface area (Å²) in [5.41, 5.74) is 0. The lowest BCUT2D eigenvalue weighted by Gasteiger charge is -2.27. The van der Waals surface area contributed by atoms with Crippen molar-refractivity contribution in [3.8, 4) is 0 Å². The van der Waals surface area contributed by atoms with Crippen molar-refractivity contribution in [1.82, 2.24) is 9.97 Å². The van der Waals surface area contributed by atoms with Gasteiger partial charge < -0.3 is 10.6 Å². The van der Waals surface area contributed by atoms with Crippen LogP contribution >= 0.6 is 11.6 Å². The highest BCUT2D eigenvalue weighted by Crippen LogP contribution is 2.28. The van der Waals surface area contributed by atoms with E-state index in [0.29, 0.717) is 17.0 Å². The zero-order chi connectivity index (χ0) is 13.7. The third kappa shape index (κ3) is 4.23. The molecule has 1 aromatic rings. The zero-order valence-corrected chi connectivity index (χ0v) is 12.5. The Balaban J connectivity index is 1.98. The molecule has 1 aliphatic carbocycles. The van der Waals surface area contributed by atoms with Crippen molar-refractivity contribution in [3.63, 3.8) is 0 Å². The summed E-state index contributed by atoms with van der Waals surface area (Å²) in [7, 11) is 0. The van der Waals surface area contributed by atoms with E-state index in [4.69, 9.17) is 11.6 Å². The van der Waals surface area contributed by atoms with Gasteiger partial charge in [0.05, 0.1) is 6.20 Å². The highest BCUT2D eigenvalue weighted by atomic mass is 35.5. The molecule has 0 amide bonds. The van der Waals surface area contributed by atoms with Gasteiger partial charge in [0.2, 0.25) is 5.95 Å². The monoisotopic (exact) mass is 282 g/mol. The molecule has 1 saturated carbocycles. The van der Waals surface area contributed by atoms with Crippen LogP contribution in [0, 0.1) is 5.92 Å². The molecule has 106 valence electrons. The minimum absolute atomic E-state index is 0.489. The van der Waals surface area contributed by atoms with Crippen LogP contribution in [-0.4, -0.2) is 22.6 Å². The summed E-state index contributed by atoms with van der Waals surface area (Å²) in [6.45, 7) is 5.31. The Labute approximate surface area is 120 Å². The second-order valence-electron chi connectivity index (χ2n) is 5.42. The minimum Gasteiger partial charge on any atom is -0.366 e. The number of rotatable bonds is 5. The zero-order valence-electron chi connectivity index (χ0n) is 11.7. The van der Waals surface area contributed by atoms with Gasteiger partial charge in [0.15, 0.2) is 5.82 Å². The molecule has 0 aliphatic heterocycles. The molecule has 0 saturated heterocycles. The molecule has 0 bridgehead atoms. The summed E-state index contributed by atoms with van der Waals surface area (Å²) in [5.74, 6) is 2.26. The van der Waals surface area contributed by atoms with Gasteiger partial charge in [0.25, 0.3) is 0 Å². The van der Waals surface area contributed by atoms with Crippen molar-refractivity contribution in [1.29, 1.82) is 0 Å². The first-order valence-corrected chi connectivity index (χ1v) is 7.59. The van der Waals surface area contributed by atoms with Crippen molar-refractivity contribution >= 4 is 23.4 Å². The van der Waals surface area contributed by atoms with Crippen molar-refractivity contribution in [3.05, 3.63) is 11.2 Å². The van der Waals surface area contributed by atoms with Gasteiger partial charge in [0.1, 0.15) is 5.02 Å². The average molecular weight is 283 g/mol. The fraction of sp³-hybridized carbons (Fsp3) is 0.714. The van der Waals surface area contributed by atoms with Crippen LogP contribution in [0.5, 0.6) is 0 Å². The van der Waals surface area contributed by atoms with Crippen molar-refractivity contribution in [2.45, 2.75) is 52.0 Å². The number of nitrogens with zero attached hydrogens (tertiary/aromatic N) is 2. The molecule has 1 aromatic heterocycles. The van der Waals surface area contributed by atoms with Gasteiger partial charge in [-0.05, 0) is 38.0 Å². The van der Waals surface area contributed by atoms with Crippen molar-refractivity contribution in [2.75, 3.05) is 17.2 Å². The lowest BCUT2D eigenvalue weighted by Crippen LogP contribution is -2.26. The van der Waals surface area contributed by atoms with Crippen molar-refractivity contribution < 1.29 is 0 Å². The molecule has 0 atom stereocenters. The topological polar surface area (TPSA) is 49.8 Å². The van der Waals surface area contributed by atoms with E-state index in [1.807, 2.05) is 0 Å². The van der Waals surface area contributed by atoms with Crippen LogP contribution < -0.4 is 10.6 Å². The van der Waals surface area contributed by atoms with Crippen molar-refractivity contribution in [2.24, 2.45) is 5.92 Å². The SMILES string of the molecule is CCCNc1ncc(Cl)c(NC2CCC(C)CC2)n1. The summed E-state index contributed by atoms with van der Waals surface area (Å²) in [4.78, 5) is 8.65. The lowest BCUT2D eigenvalue weighted by molar-refractivity contribution is 0.361. The third-order valence-corrected chi connectivity index (χ3v) is 3.91. The third-order valence-electron chi connectivity index (χ3n) is 3.63. The molecule has 4 nitrogen and oxygen atoms in total. The van der Waals surface area contributed by atoms with Gasteiger partial charge in [0, 0.05) is 12.6 Å². The first kappa shape index (κ1) is 14.4. The molecule has 5 heteroatoms. The van der Waals surface area contributed by atoms with Gasteiger partial charge >= 0.3 is 0 Å². The Morgan fingerprint density at radius 1 is 1.32 bits per heavy atom. The predicted octanol–water partition coefficient (Wildman–Crippen LogP) is 3.94. The molecule has 1 heterocycles. The number of hydrogen-bond donors (Lipinski definition) is 2. The Bertz CT molecular complexity index is 402. The molecule has 0 spiro atoms. The van der Waals surface area contributed by atoms with E-state index in [1.165, 1.54) is 25.7 Å². The highest BCUT2D eigenvalue weighted by molar-refractivity contribution is 6.32. The second-order valence-corrected chi connectivity index (χ2v) is 5.83. The van der Waals surface area contributed by atoms with E-state index in [1.54, 1.807) is 6.20 Å². The van der Waals surface area contributed by atoms with Gasteiger partial charge in [-0.25, -0.2) is 4.98 Å². The van der Waals surface area contributed by atoms with Crippen LogP contribution in [0.3, 0.4) is 0 Å². The second kappa shape index (κ2) is 6.94. The Morgan fingerprint density at radius 3 is 2.74 bits per heavy atom. The molecule has 0 radical (unpaired) electrons. The summed E-state index contributed by atoms with van der Waals surface area (Å²) in [6.07, 6.45) is 7.66. The minimum atomic E-state index is 0.489. The molecule has 1 fully saturated rings. The number of anilines is 2. The summed E-state index contributed by atoms with van der Waals surface area (Å²) in [6, 6.07) is 0.489. The van der Waals surface area contributed by atoms with Gasteiger partial charge in [-0.2, -0.15) is 4.98 Å². The van der Waals surface area contributed by atoms with E-state index in [-0.39, 0.29) is 0 Å². The summed E-state index contributed by atoms with van der Waals surface area (Å²) >= 11 is 6.16. The maximum Gasteiger partial charge on any atom is 0.224 e. The highest BCUT2D eigenvalue weighted by Gasteiger charge is 2.19. The summed E-state index contributed by atoms with van der Waals surface area (Å²) in [5, 5.41) is 7.25. The molecule has 0 unspecified atom stereocenters. The van der Waals surface area contributed by atoms with Crippen LogP contribution in [0.4, 0.5) is 11.8 Å². The fourth-order valence-electron chi connectivity index (χ4n) is 2.39. The van der Waals surface area contributed by atoms with Crippen LogP contribution in [0.2, 0.25) is 5.02 Å². The molecule has 0 aromatic carbocycles. The molecule has 19 heavy (non-hydrogen) atoms. The van der Waals surface area contributed by atoms with E-state index < -0.39 is 0 Å². The molecule has 2 N–H and O–H groups in total. The summed E-state index contributed by atoms with van der Waals surface area (Å²) < 4.78 is 0. The number of hydrogen-bond acceptors (Lipinski definition) is 4. The van der Waals surface area contributed by atoms with Crippen LogP contribution in [0.25, 0.3) is 0 Å². The fourth-order valence-corrected chi connectivity index (χ4v) is 2.53. The first-order valence-electron chi connectivity index (χ1n) is 7.22. The number of aromatic nitrogens is 2. The standard InChI is InChI=1S/C14H23ClN4/c1-3-8-16-14-17-9-12(15)13(19-14)18-11-6-4-10(2)5-7-11/h9-11H,3-8H2,1-2H3,(H2,16,17,18,19). The quantitative estimate of drug-likeness (QED) is 0.859. The predicted molar refractivity (Wildman–Crippen MR) is 80.9 cm³/mol. The largest absolute Gasteiger partial charge is 0.366 e. The lowest BCUT2D eigenvalue weighted by atomic mass is 9.87. The molecular weight excluding hydrogens is 260 g/mol. The van der Waals surface area contributed by atoms with Crippen LogP contribution in [-0.2, 0) is 0 Å². The van der Waals surface area contributed by atoms with Crippen LogP contribution in [0.1, 0.15) is 46.0 Å². The maximum atomic E-state index is 6.16. The van der Waals surface area contributed by atoms with E-state index in [2.05, 4.69) is 34.4 Å². The van der Waals surface area contributed by atoms with Gasteiger partial charge in [-0.15, -0.1) is 0 Å². The number of halogens is 1. The first-order chi connectivity index (χ1) is 9.19. The Hall–Kier alpha value is -1.03. The Kier molecular flexibility index (Phi) is 5.25. The normalized spacial score (nSPS) is 23.1. The molecular formula is C14H23ClN4. The molecule has 1 aliphatic rings. The van der Waals surface area contributed by atoms with E-state index in [9.17, 15) is 0 Å². The van der Waals surface area contributed by atoms with Gasteiger partial charge in [-0.3, -0.25) is 0 Å². The van der Waals surface area contributed by atoms with Gasteiger partial charge in [-0.1, -0.05) is 25.4 Å².